The molecule has 0 saturated heterocycles. The number of benzene rings is 1. The topological polar surface area (TPSA) is 113 Å². The van der Waals surface area contributed by atoms with Crippen molar-refractivity contribution in [3.05, 3.63) is 41.9 Å². The Labute approximate surface area is 124 Å². The molecule has 0 unspecified atom stereocenters. The Morgan fingerprint density at radius 1 is 1.38 bits per heavy atom. The SMILES string of the molecule is Cc1nc(Sc2c(/C(N)=N/O)cnc3ccccc23)n[nH]1. The Balaban J connectivity index is 2.20. The van der Waals surface area contributed by atoms with Crippen molar-refractivity contribution in [1.82, 2.24) is 20.2 Å². The first kappa shape index (κ1) is 13.4. The summed E-state index contributed by atoms with van der Waals surface area (Å²) in [4.78, 5) is 9.40. The maximum absolute atomic E-state index is 8.94. The van der Waals surface area contributed by atoms with Crippen LogP contribution in [-0.4, -0.2) is 31.2 Å². The number of nitrogens with zero attached hydrogens (tertiary/aromatic N) is 4. The molecule has 0 spiro atoms. The van der Waals surface area contributed by atoms with Gasteiger partial charge in [0.2, 0.25) is 5.16 Å². The first-order valence-corrected chi connectivity index (χ1v) is 6.93. The zero-order chi connectivity index (χ0) is 14.8. The summed E-state index contributed by atoms with van der Waals surface area (Å²) in [6, 6.07) is 7.65. The van der Waals surface area contributed by atoms with E-state index in [2.05, 4.69) is 25.3 Å². The molecule has 0 aliphatic carbocycles. The summed E-state index contributed by atoms with van der Waals surface area (Å²) in [5.41, 5.74) is 7.11. The third-order valence-corrected chi connectivity index (χ3v) is 3.89. The summed E-state index contributed by atoms with van der Waals surface area (Å²) in [7, 11) is 0. The number of H-pyrrole nitrogens is 1. The van der Waals surface area contributed by atoms with Gasteiger partial charge in [-0.15, -0.1) is 5.10 Å². The van der Waals surface area contributed by atoms with E-state index in [-0.39, 0.29) is 5.84 Å². The summed E-state index contributed by atoms with van der Waals surface area (Å²) in [5.74, 6) is 0.726. The van der Waals surface area contributed by atoms with Gasteiger partial charge in [0.25, 0.3) is 0 Å². The van der Waals surface area contributed by atoms with Crippen LogP contribution in [0.3, 0.4) is 0 Å². The Morgan fingerprint density at radius 3 is 2.90 bits per heavy atom. The lowest BCUT2D eigenvalue weighted by Crippen LogP contribution is -2.15. The van der Waals surface area contributed by atoms with E-state index in [1.807, 2.05) is 31.2 Å². The number of rotatable bonds is 3. The summed E-state index contributed by atoms with van der Waals surface area (Å²) < 4.78 is 0. The van der Waals surface area contributed by atoms with E-state index in [0.29, 0.717) is 10.7 Å². The number of amidine groups is 1. The van der Waals surface area contributed by atoms with Crippen molar-refractivity contribution in [3.8, 4) is 0 Å². The quantitative estimate of drug-likeness (QED) is 0.295. The largest absolute Gasteiger partial charge is 0.409 e. The van der Waals surface area contributed by atoms with E-state index in [1.165, 1.54) is 11.8 Å². The molecule has 3 aromatic rings. The van der Waals surface area contributed by atoms with Gasteiger partial charge in [-0.3, -0.25) is 10.1 Å². The fourth-order valence-corrected chi connectivity index (χ4v) is 2.93. The minimum atomic E-state index is 0.00279. The number of aryl methyl sites for hydroxylation is 1. The normalized spacial score (nSPS) is 12.0. The lowest BCUT2D eigenvalue weighted by atomic mass is 10.1. The molecular formula is C13H12N6OS. The van der Waals surface area contributed by atoms with Gasteiger partial charge in [0.15, 0.2) is 5.84 Å². The maximum atomic E-state index is 8.94. The van der Waals surface area contributed by atoms with E-state index in [0.717, 1.165) is 21.6 Å². The highest BCUT2D eigenvalue weighted by atomic mass is 32.2. The fourth-order valence-electron chi connectivity index (χ4n) is 1.92. The van der Waals surface area contributed by atoms with Gasteiger partial charge in [0.1, 0.15) is 5.82 Å². The summed E-state index contributed by atoms with van der Waals surface area (Å²) >= 11 is 1.34. The van der Waals surface area contributed by atoms with Crippen molar-refractivity contribution in [2.75, 3.05) is 0 Å². The second kappa shape index (κ2) is 5.41. The highest BCUT2D eigenvalue weighted by Crippen LogP contribution is 2.33. The van der Waals surface area contributed by atoms with Crippen LogP contribution in [0, 0.1) is 6.92 Å². The molecule has 2 heterocycles. The van der Waals surface area contributed by atoms with Gasteiger partial charge in [0, 0.05) is 16.5 Å². The van der Waals surface area contributed by atoms with Crippen LogP contribution in [0.4, 0.5) is 0 Å². The highest BCUT2D eigenvalue weighted by Gasteiger charge is 2.15. The van der Waals surface area contributed by atoms with Gasteiger partial charge in [0.05, 0.1) is 11.1 Å². The number of nitrogens with two attached hydrogens (primary N) is 1. The van der Waals surface area contributed by atoms with E-state index in [9.17, 15) is 0 Å². The van der Waals surface area contributed by atoms with Gasteiger partial charge in [-0.05, 0) is 24.8 Å². The van der Waals surface area contributed by atoms with Gasteiger partial charge in [-0.1, -0.05) is 23.4 Å². The predicted octanol–water partition coefficient (Wildman–Crippen LogP) is 1.91. The van der Waals surface area contributed by atoms with Crippen LogP contribution < -0.4 is 5.73 Å². The molecule has 8 heteroatoms. The molecular weight excluding hydrogens is 288 g/mol. The molecule has 0 saturated carbocycles. The number of oxime groups is 1. The Kier molecular flexibility index (Phi) is 3.44. The molecule has 3 rings (SSSR count). The lowest BCUT2D eigenvalue weighted by Gasteiger charge is -2.09. The van der Waals surface area contributed by atoms with Crippen LogP contribution in [0.5, 0.6) is 0 Å². The van der Waals surface area contributed by atoms with Crippen molar-refractivity contribution in [2.45, 2.75) is 17.0 Å². The highest BCUT2D eigenvalue weighted by molar-refractivity contribution is 7.99. The summed E-state index contributed by atoms with van der Waals surface area (Å²) in [5, 5.41) is 20.4. The van der Waals surface area contributed by atoms with Gasteiger partial charge >= 0.3 is 0 Å². The number of hydrogen-bond donors (Lipinski definition) is 3. The Morgan fingerprint density at radius 2 is 2.19 bits per heavy atom. The van der Waals surface area contributed by atoms with Crippen molar-refractivity contribution in [2.24, 2.45) is 10.9 Å². The number of para-hydroxylation sites is 1. The smallest absolute Gasteiger partial charge is 0.213 e. The first-order valence-electron chi connectivity index (χ1n) is 6.11. The van der Waals surface area contributed by atoms with E-state index in [1.54, 1.807) is 6.20 Å². The molecule has 0 fully saturated rings. The molecule has 0 atom stereocenters. The van der Waals surface area contributed by atoms with Crippen LogP contribution in [0.15, 0.2) is 45.7 Å². The molecule has 0 aliphatic heterocycles. The van der Waals surface area contributed by atoms with Crippen molar-refractivity contribution in [1.29, 1.82) is 0 Å². The zero-order valence-corrected chi connectivity index (χ0v) is 11.9. The van der Waals surface area contributed by atoms with Crippen LogP contribution in [0.2, 0.25) is 0 Å². The molecule has 0 radical (unpaired) electrons. The molecule has 0 amide bonds. The monoisotopic (exact) mass is 300 g/mol. The summed E-state index contributed by atoms with van der Waals surface area (Å²) in [6.45, 7) is 1.83. The van der Waals surface area contributed by atoms with Crippen LogP contribution in [0.1, 0.15) is 11.4 Å². The molecule has 7 nitrogen and oxygen atoms in total. The number of aromatic nitrogens is 4. The maximum Gasteiger partial charge on any atom is 0.213 e. The lowest BCUT2D eigenvalue weighted by molar-refractivity contribution is 0.318. The fraction of sp³-hybridized carbons (Fsp3) is 0.0769. The van der Waals surface area contributed by atoms with E-state index >= 15 is 0 Å². The third kappa shape index (κ3) is 2.52. The average Bonchev–Trinajstić information content (AvgIpc) is 2.92. The number of hydrogen-bond acceptors (Lipinski definition) is 6. The molecule has 0 aliphatic rings. The second-order valence-corrected chi connectivity index (χ2v) is 5.29. The Hall–Kier alpha value is -2.61. The second-order valence-electron chi connectivity index (χ2n) is 4.31. The molecule has 1 aromatic carbocycles. The number of fused-ring (bicyclic) bond motifs is 1. The molecule has 0 bridgehead atoms. The van der Waals surface area contributed by atoms with Gasteiger partial charge < -0.3 is 10.9 Å². The molecule has 4 N–H and O–H groups in total. The predicted molar refractivity (Wildman–Crippen MR) is 79.5 cm³/mol. The molecule has 106 valence electrons. The standard InChI is InChI=1S/C13H12N6OS/c1-7-16-13(18-17-7)21-11-8-4-2-3-5-10(8)15-6-9(11)12(14)19-20/h2-6,20H,1H3,(H2,14,19)(H,16,17,18). The van der Waals surface area contributed by atoms with E-state index in [4.69, 9.17) is 10.9 Å². The third-order valence-electron chi connectivity index (χ3n) is 2.88. The van der Waals surface area contributed by atoms with Gasteiger partial charge in [-0.2, -0.15) is 0 Å². The van der Waals surface area contributed by atoms with Crippen molar-refractivity contribution in [3.63, 3.8) is 0 Å². The minimum absolute atomic E-state index is 0.00279. The molecule has 21 heavy (non-hydrogen) atoms. The van der Waals surface area contributed by atoms with Crippen LogP contribution in [-0.2, 0) is 0 Å². The van der Waals surface area contributed by atoms with Crippen LogP contribution >= 0.6 is 11.8 Å². The summed E-state index contributed by atoms with van der Waals surface area (Å²) in [6.07, 6.45) is 1.58. The molecule has 2 aromatic heterocycles. The van der Waals surface area contributed by atoms with Crippen molar-refractivity contribution < 1.29 is 5.21 Å². The zero-order valence-electron chi connectivity index (χ0n) is 11.1. The average molecular weight is 300 g/mol. The number of pyridine rings is 1. The van der Waals surface area contributed by atoms with E-state index < -0.39 is 0 Å². The van der Waals surface area contributed by atoms with Crippen LogP contribution in [0.25, 0.3) is 10.9 Å². The minimum Gasteiger partial charge on any atom is -0.409 e. The van der Waals surface area contributed by atoms with Crippen molar-refractivity contribution >= 4 is 28.5 Å². The first-order chi connectivity index (χ1) is 10.2. The Bertz CT molecular complexity index is 828. The number of aromatic amines is 1. The number of nitrogens with one attached hydrogen (secondary N) is 1. The van der Waals surface area contributed by atoms with Gasteiger partial charge in [-0.25, -0.2) is 4.98 Å².